The third kappa shape index (κ3) is 3.91. The molecule has 2 aromatic rings. The molecule has 2 rings (SSSR count). The number of rotatable bonds is 7. The molecule has 2 unspecified atom stereocenters. The molecule has 2 aromatic heterocycles. The first kappa shape index (κ1) is 14.8. The number of hydrogen-bond donors (Lipinski definition) is 1. The van der Waals surface area contributed by atoms with Crippen molar-refractivity contribution in [3.63, 3.8) is 0 Å². The Bertz CT molecular complexity index is 445. The van der Waals surface area contributed by atoms with Gasteiger partial charge >= 0.3 is 0 Å². The molecule has 19 heavy (non-hydrogen) atoms. The Morgan fingerprint density at radius 2 is 1.68 bits per heavy atom. The molecular formula is C16H23NS2. The highest BCUT2D eigenvalue weighted by atomic mass is 32.1. The van der Waals surface area contributed by atoms with E-state index in [2.05, 4.69) is 61.1 Å². The van der Waals surface area contributed by atoms with Crippen LogP contribution in [0.1, 0.15) is 55.5 Å². The second-order valence-electron chi connectivity index (χ2n) is 5.26. The van der Waals surface area contributed by atoms with E-state index in [-0.39, 0.29) is 0 Å². The Hall–Kier alpha value is -0.640. The Labute approximate surface area is 124 Å². The van der Waals surface area contributed by atoms with Crippen LogP contribution in [0.2, 0.25) is 0 Å². The standard InChI is InChI=1S/C16H23NS2/c1-4-7-13(14-8-5-10-18-14)17-16(12(2)3)15-9-6-11-19-15/h5-6,8-13,16-17H,4,7H2,1-3H3. The molecule has 0 aromatic carbocycles. The van der Waals surface area contributed by atoms with Crippen LogP contribution in [-0.4, -0.2) is 0 Å². The van der Waals surface area contributed by atoms with Crippen molar-refractivity contribution < 1.29 is 0 Å². The van der Waals surface area contributed by atoms with Crippen LogP contribution < -0.4 is 5.32 Å². The van der Waals surface area contributed by atoms with E-state index >= 15 is 0 Å². The molecule has 2 atom stereocenters. The van der Waals surface area contributed by atoms with Crippen molar-refractivity contribution in [1.29, 1.82) is 0 Å². The summed E-state index contributed by atoms with van der Waals surface area (Å²) in [5.41, 5.74) is 0. The SMILES string of the molecule is CCCC(NC(c1cccs1)C(C)C)c1cccs1. The molecule has 0 aliphatic carbocycles. The normalized spacial score (nSPS) is 14.7. The highest BCUT2D eigenvalue weighted by Gasteiger charge is 2.21. The summed E-state index contributed by atoms with van der Waals surface area (Å²) in [6.07, 6.45) is 2.42. The average Bonchev–Trinajstić information content (AvgIpc) is 3.06. The van der Waals surface area contributed by atoms with Gasteiger partial charge in [0.2, 0.25) is 0 Å². The second kappa shape index (κ2) is 7.22. The molecule has 0 amide bonds. The molecule has 104 valence electrons. The predicted molar refractivity (Wildman–Crippen MR) is 87.0 cm³/mol. The maximum atomic E-state index is 3.88. The molecular weight excluding hydrogens is 270 g/mol. The third-order valence-corrected chi connectivity index (χ3v) is 5.30. The van der Waals surface area contributed by atoms with Gasteiger partial charge in [-0.05, 0) is 35.2 Å². The van der Waals surface area contributed by atoms with E-state index in [1.807, 2.05) is 22.7 Å². The minimum absolute atomic E-state index is 0.457. The lowest BCUT2D eigenvalue weighted by atomic mass is 10.00. The summed E-state index contributed by atoms with van der Waals surface area (Å²) in [5.74, 6) is 0.609. The van der Waals surface area contributed by atoms with Gasteiger partial charge in [0, 0.05) is 21.8 Å². The van der Waals surface area contributed by atoms with Crippen LogP contribution in [0.25, 0.3) is 0 Å². The molecule has 0 saturated heterocycles. The molecule has 3 heteroatoms. The van der Waals surface area contributed by atoms with Gasteiger partial charge in [-0.15, -0.1) is 22.7 Å². The fourth-order valence-electron chi connectivity index (χ4n) is 2.37. The van der Waals surface area contributed by atoms with E-state index in [0.717, 1.165) is 0 Å². The summed E-state index contributed by atoms with van der Waals surface area (Å²) in [7, 11) is 0. The molecule has 1 N–H and O–H groups in total. The lowest BCUT2D eigenvalue weighted by Gasteiger charge is -2.27. The molecule has 0 bridgehead atoms. The van der Waals surface area contributed by atoms with E-state index < -0.39 is 0 Å². The largest absolute Gasteiger partial charge is 0.301 e. The van der Waals surface area contributed by atoms with E-state index in [1.54, 1.807) is 0 Å². The van der Waals surface area contributed by atoms with E-state index in [0.29, 0.717) is 18.0 Å². The predicted octanol–water partition coefficient (Wildman–Crippen LogP) is 5.64. The van der Waals surface area contributed by atoms with Crippen LogP contribution in [0.4, 0.5) is 0 Å². The van der Waals surface area contributed by atoms with Gasteiger partial charge in [-0.1, -0.05) is 39.3 Å². The smallest absolute Gasteiger partial charge is 0.0443 e. The zero-order valence-electron chi connectivity index (χ0n) is 11.9. The molecule has 0 saturated carbocycles. The zero-order chi connectivity index (χ0) is 13.7. The summed E-state index contributed by atoms with van der Waals surface area (Å²) < 4.78 is 0. The fraction of sp³-hybridized carbons (Fsp3) is 0.500. The highest BCUT2D eigenvalue weighted by Crippen LogP contribution is 2.31. The number of hydrogen-bond acceptors (Lipinski definition) is 3. The first-order valence-corrected chi connectivity index (χ1v) is 8.81. The Morgan fingerprint density at radius 3 is 2.16 bits per heavy atom. The summed E-state index contributed by atoms with van der Waals surface area (Å²) in [6.45, 7) is 6.86. The monoisotopic (exact) mass is 293 g/mol. The van der Waals surface area contributed by atoms with Gasteiger partial charge in [0.05, 0.1) is 0 Å². The summed E-state index contributed by atoms with van der Waals surface area (Å²) in [6, 6.07) is 9.75. The van der Waals surface area contributed by atoms with Crippen molar-refractivity contribution in [2.45, 2.75) is 45.7 Å². The molecule has 0 spiro atoms. The molecule has 0 aliphatic heterocycles. The van der Waals surface area contributed by atoms with Crippen molar-refractivity contribution in [2.24, 2.45) is 5.92 Å². The molecule has 0 fully saturated rings. The summed E-state index contributed by atoms with van der Waals surface area (Å²) >= 11 is 3.72. The van der Waals surface area contributed by atoms with Crippen LogP contribution in [0.3, 0.4) is 0 Å². The maximum Gasteiger partial charge on any atom is 0.0443 e. The zero-order valence-corrected chi connectivity index (χ0v) is 13.6. The van der Waals surface area contributed by atoms with Gasteiger partial charge in [0.25, 0.3) is 0 Å². The Kier molecular flexibility index (Phi) is 5.61. The average molecular weight is 294 g/mol. The van der Waals surface area contributed by atoms with Gasteiger partial charge in [-0.2, -0.15) is 0 Å². The minimum atomic E-state index is 0.457. The van der Waals surface area contributed by atoms with Crippen molar-refractivity contribution in [3.05, 3.63) is 44.8 Å². The number of nitrogens with one attached hydrogen (secondary N) is 1. The topological polar surface area (TPSA) is 12.0 Å². The van der Waals surface area contributed by atoms with Crippen molar-refractivity contribution in [3.8, 4) is 0 Å². The van der Waals surface area contributed by atoms with Crippen molar-refractivity contribution in [1.82, 2.24) is 5.32 Å². The van der Waals surface area contributed by atoms with Crippen molar-refractivity contribution in [2.75, 3.05) is 0 Å². The first-order valence-electron chi connectivity index (χ1n) is 7.05. The first-order chi connectivity index (χ1) is 9.22. The minimum Gasteiger partial charge on any atom is -0.301 e. The van der Waals surface area contributed by atoms with E-state index in [9.17, 15) is 0 Å². The lowest BCUT2D eigenvalue weighted by Crippen LogP contribution is -2.29. The Morgan fingerprint density at radius 1 is 1.05 bits per heavy atom. The van der Waals surface area contributed by atoms with Gasteiger partial charge in [-0.3, -0.25) is 0 Å². The maximum absolute atomic E-state index is 3.88. The molecule has 0 radical (unpaired) electrons. The second-order valence-corrected chi connectivity index (χ2v) is 7.22. The quantitative estimate of drug-likeness (QED) is 0.697. The molecule has 0 aliphatic rings. The van der Waals surface area contributed by atoms with Gasteiger partial charge in [-0.25, -0.2) is 0 Å². The number of thiophene rings is 2. The third-order valence-electron chi connectivity index (χ3n) is 3.36. The molecule has 2 heterocycles. The van der Waals surface area contributed by atoms with Crippen molar-refractivity contribution >= 4 is 22.7 Å². The summed E-state index contributed by atoms with van der Waals surface area (Å²) in [5, 5.41) is 8.23. The van der Waals surface area contributed by atoms with Crippen LogP contribution in [0, 0.1) is 5.92 Å². The van der Waals surface area contributed by atoms with Gasteiger partial charge in [0.1, 0.15) is 0 Å². The van der Waals surface area contributed by atoms with Crippen LogP contribution in [0.15, 0.2) is 35.0 Å². The fourth-order valence-corrected chi connectivity index (χ4v) is 4.15. The molecule has 1 nitrogen and oxygen atoms in total. The summed E-state index contributed by atoms with van der Waals surface area (Å²) in [4.78, 5) is 2.91. The highest BCUT2D eigenvalue weighted by molar-refractivity contribution is 7.10. The lowest BCUT2D eigenvalue weighted by molar-refractivity contribution is 0.357. The van der Waals surface area contributed by atoms with Gasteiger partial charge < -0.3 is 5.32 Å². The van der Waals surface area contributed by atoms with Crippen LogP contribution >= 0.6 is 22.7 Å². The van der Waals surface area contributed by atoms with E-state index in [1.165, 1.54) is 22.6 Å². The Balaban J connectivity index is 2.14. The van der Waals surface area contributed by atoms with E-state index in [4.69, 9.17) is 0 Å². The van der Waals surface area contributed by atoms with Gasteiger partial charge in [0.15, 0.2) is 0 Å². The van der Waals surface area contributed by atoms with Crippen LogP contribution in [-0.2, 0) is 0 Å². The van der Waals surface area contributed by atoms with Crippen LogP contribution in [0.5, 0.6) is 0 Å².